The number of anilines is 1. The van der Waals surface area contributed by atoms with E-state index >= 15 is 0 Å². The summed E-state index contributed by atoms with van der Waals surface area (Å²) in [6.07, 6.45) is -1.78. The van der Waals surface area contributed by atoms with Gasteiger partial charge in [-0.2, -0.15) is 13.2 Å². The molecule has 0 atom stereocenters. The zero-order chi connectivity index (χ0) is 23.8. The molecule has 174 valence electrons. The summed E-state index contributed by atoms with van der Waals surface area (Å²) in [7, 11) is 0. The number of piperidine rings is 1. The largest absolute Gasteiger partial charge is 0.417 e. The summed E-state index contributed by atoms with van der Waals surface area (Å²) in [5.41, 5.74) is 0.506. The number of nitrogens with one attached hydrogen (secondary N) is 1. The molecule has 1 aliphatic rings. The fourth-order valence-corrected chi connectivity index (χ4v) is 4.37. The molecule has 1 fully saturated rings. The number of fused-ring (bicyclic) bond motifs is 1. The smallest absolute Gasteiger partial charge is 0.345 e. The first kappa shape index (κ1) is 22.9. The predicted octanol–water partition coefficient (Wildman–Crippen LogP) is 5.73. The Morgan fingerprint density at radius 1 is 1.03 bits per heavy atom. The van der Waals surface area contributed by atoms with E-state index in [0.29, 0.717) is 24.6 Å². The van der Waals surface area contributed by atoms with Crippen molar-refractivity contribution < 1.29 is 22.8 Å². The van der Waals surface area contributed by atoms with Crippen LogP contribution in [0.4, 0.5) is 18.9 Å². The van der Waals surface area contributed by atoms with Crippen molar-refractivity contribution >= 4 is 28.4 Å². The minimum absolute atomic E-state index is 0.138. The lowest BCUT2D eigenvalue weighted by atomic mass is 9.94. The van der Waals surface area contributed by atoms with Crippen molar-refractivity contribution in [3.05, 3.63) is 65.9 Å². The first-order chi connectivity index (χ1) is 15.6. The normalized spacial score (nSPS) is 15.3. The van der Waals surface area contributed by atoms with Gasteiger partial charge in [0.05, 0.1) is 11.1 Å². The Morgan fingerprint density at radius 3 is 2.39 bits per heavy atom. The maximum absolute atomic E-state index is 13.3. The van der Waals surface area contributed by atoms with E-state index < -0.39 is 17.6 Å². The molecule has 0 spiro atoms. The van der Waals surface area contributed by atoms with Gasteiger partial charge in [0.2, 0.25) is 5.91 Å². The van der Waals surface area contributed by atoms with Crippen LogP contribution in [-0.4, -0.2) is 34.4 Å². The number of aromatic nitrogens is 1. The predicted molar refractivity (Wildman–Crippen MR) is 121 cm³/mol. The monoisotopic (exact) mass is 457 g/mol. The van der Waals surface area contributed by atoms with Crippen molar-refractivity contribution in [2.24, 2.45) is 5.92 Å². The van der Waals surface area contributed by atoms with Crippen LogP contribution in [0.25, 0.3) is 10.9 Å². The summed E-state index contributed by atoms with van der Waals surface area (Å²) in [5.74, 6) is -1.09. The second-order valence-electron chi connectivity index (χ2n) is 8.69. The Labute approximate surface area is 190 Å². The van der Waals surface area contributed by atoms with E-state index in [1.807, 2.05) is 30.5 Å². The standard InChI is InChI=1S/C25H26F3N3O2/c1-16(2)31-14-11-18-15-19(7-8-22(18)31)29-23(32)17-9-12-30(13-10-17)24(33)20-5-3-4-6-21(20)25(26,27)28/h3-8,11,14-17H,9-10,12-13H2,1-2H3,(H,29,32). The van der Waals surface area contributed by atoms with E-state index in [9.17, 15) is 22.8 Å². The van der Waals surface area contributed by atoms with Gasteiger partial charge in [0, 0.05) is 47.8 Å². The highest BCUT2D eigenvalue weighted by molar-refractivity contribution is 5.97. The van der Waals surface area contributed by atoms with Crippen LogP contribution >= 0.6 is 0 Å². The summed E-state index contributed by atoms with van der Waals surface area (Å²) >= 11 is 0. The minimum atomic E-state index is -4.60. The first-order valence-corrected chi connectivity index (χ1v) is 11.0. The number of rotatable bonds is 4. The molecular formula is C25H26F3N3O2. The van der Waals surface area contributed by atoms with Gasteiger partial charge >= 0.3 is 6.18 Å². The highest BCUT2D eigenvalue weighted by Crippen LogP contribution is 2.33. The summed E-state index contributed by atoms with van der Waals surface area (Å²) in [4.78, 5) is 26.9. The van der Waals surface area contributed by atoms with E-state index in [0.717, 1.165) is 17.0 Å². The second kappa shape index (κ2) is 8.92. The molecule has 0 bridgehead atoms. The van der Waals surface area contributed by atoms with Gasteiger partial charge in [-0.25, -0.2) is 0 Å². The number of amides is 2. The molecule has 0 aliphatic carbocycles. The van der Waals surface area contributed by atoms with Crippen molar-refractivity contribution in [3.8, 4) is 0 Å². The number of carbonyl (C=O) groups excluding carboxylic acids is 2. The maximum Gasteiger partial charge on any atom is 0.417 e. The summed E-state index contributed by atoms with van der Waals surface area (Å²) < 4.78 is 41.9. The second-order valence-corrected chi connectivity index (χ2v) is 8.69. The Balaban J connectivity index is 1.39. The molecule has 2 aromatic carbocycles. The van der Waals surface area contributed by atoms with Crippen molar-refractivity contribution in [2.45, 2.75) is 38.9 Å². The zero-order valence-electron chi connectivity index (χ0n) is 18.5. The molecule has 5 nitrogen and oxygen atoms in total. The summed E-state index contributed by atoms with van der Waals surface area (Å²) in [6, 6.07) is 12.9. The van der Waals surface area contributed by atoms with E-state index in [-0.39, 0.29) is 30.5 Å². The summed E-state index contributed by atoms with van der Waals surface area (Å²) in [6.45, 7) is 4.68. The van der Waals surface area contributed by atoms with Gasteiger partial charge < -0.3 is 14.8 Å². The lowest BCUT2D eigenvalue weighted by molar-refractivity contribution is -0.138. The average Bonchev–Trinajstić information content (AvgIpc) is 3.22. The molecule has 4 rings (SSSR count). The minimum Gasteiger partial charge on any atom is -0.345 e. The Hall–Kier alpha value is -3.29. The van der Waals surface area contributed by atoms with Crippen LogP contribution in [0.5, 0.6) is 0 Å². The number of hydrogen-bond donors (Lipinski definition) is 1. The first-order valence-electron chi connectivity index (χ1n) is 11.0. The van der Waals surface area contributed by atoms with Crippen molar-refractivity contribution in [2.75, 3.05) is 18.4 Å². The molecule has 1 saturated heterocycles. The van der Waals surface area contributed by atoms with E-state index in [1.54, 1.807) is 0 Å². The number of likely N-dealkylation sites (tertiary alicyclic amines) is 1. The van der Waals surface area contributed by atoms with Crippen LogP contribution in [0.1, 0.15) is 48.7 Å². The zero-order valence-corrected chi connectivity index (χ0v) is 18.5. The molecule has 0 saturated carbocycles. The Bertz CT molecular complexity index is 1180. The highest BCUT2D eigenvalue weighted by atomic mass is 19.4. The van der Waals surface area contributed by atoms with Crippen LogP contribution in [0.2, 0.25) is 0 Å². The number of alkyl halides is 3. The van der Waals surface area contributed by atoms with Gasteiger partial charge in [0.15, 0.2) is 0 Å². The summed E-state index contributed by atoms with van der Waals surface area (Å²) in [5, 5.41) is 3.98. The van der Waals surface area contributed by atoms with Gasteiger partial charge in [-0.3, -0.25) is 9.59 Å². The molecule has 3 aromatic rings. The van der Waals surface area contributed by atoms with Crippen molar-refractivity contribution in [1.82, 2.24) is 9.47 Å². The number of hydrogen-bond acceptors (Lipinski definition) is 2. The van der Waals surface area contributed by atoms with Crippen LogP contribution in [0, 0.1) is 5.92 Å². The molecule has 0 radical (unpaired) electrons. The fourth-order valence-electron chi connectivity index (χ4n) is 4.37. The topological polar surface area (TPSA) is 54.3 Å². The fraction of sp³-hybridized carbons (Fsp3) is 0.360. The maximum atomic E-state index is 13.3. The lowest BCUT2D eigenvalue weighted by Crippen LogP contribution is -2.42. The quantitative estimate of drug-likeness (QED) is 0.544. The van der Waals surface area contributed by atoms with Crippen LogP contribution in [0.3, 0.4) is 0 Å². The van der Waals surface area contributed by atoms with Crippen LogP contribution < -0.4 is 5.32 Å². The third-order valence-electron chi connectivity index (χ3n) is 6.16. The van der Waals surface area contributed by atoms with Gasteiger partial charge in [-0.15, -0.1) is 0 Å². The Kier molecular flexibility index (Phi) is 6.19. The molecule has 2 amide bonds. The van der Waals surface area contributed by atoms with Crippen LogP contribution in [-0.2, 0) is 11.0 Å². The molecule has 8 heteroatoms. The number of nitrogens with zero attached hydrogens (tertiary/aromatic N) is 2. The third-order valence-corrected chi connectivity index (χ3v) is 6.16. The average molecular weight is 457 g/mol. The van der Waals surface area contributed by atoms with Gasteiger partial charge in [-0.05, 0) is 63.1 Å². The molecule has 0 unspecified atom stereocenters. The lowest BCUT2D eigenvalue weighted by Gasteiger charge is -2.32. The molecule has 33 heavy (non-hydrogen) atoms. The van der Waals surface area contributed by atoms with Gasteiger partial charge in [-0.1, -0.05) is 12.1 Å². The van der Waals surface area contributed by atoms with E-state index in [1.165, 1.54) is 23.1 Å². The molecule has 1 N–H and O–H groups in total. The molecule has 1 aliphatic heterocycles. The van der Waals surface area contributed by atoms with E-state index in [4.69, 9.17) is 0 Å². The van der Waals surface area contributed by atoms with Crippen LogP contribution in [0.15, 0.2) is 54.7 Å². The number of halogens is 3. The molecule has 1 aromatic heterocycles. The van der Waals surface area contributed by atoms with Gasteiger partial charge in [0.25, 0.3) is 5.91 Å². The number of carbonyl (C=O) groups is 2. The van der Waals surface area contributed by atoms with Gasteiger partial charge in [0.1, 0.15) is 0 Å². The van der Waals surface area contributed by atoms with E-state index in [2.05, 4.69) is 23.7 Å². The molecule has 2 heterocycles. The Morgan fingerprint density at radius 2 is 1.73 bits per heavy atom. The SMILES string of the molecule is CC(C)n1ccc2cc(NC(=O)C3CCN(C(=O)c4ccccc4C(F)(F)F)CC3)ccc21. The molecular weight excluding hydrogens is 431 g/mol. The van der Waals surface area contributed by atoms with Crippen molar-refractivity contribution in [1.29, 1.82) is 0 Å². The van der Waals surface area contributed by atoms with Crippen molar-refractivity contribution in [3.63, 3.8) is 0 Å². The number of benzene rings is 2. The third kappa shape index (κ3) is 4.74. The highest BCUT2D eigenvalue weighted by Gasteiger charge is 2.37.